The molecule has 1 aromatic heterocycles. The van der Waals surface area contributed by atoms with Crippen LogP contribution in [0.4, 0.5) is 0 Å². The first-order valence-electron chi connectivity index (χ1n) is 5.96. The summed E-state index contributed by atoms with van der Waals surface area (Å²) in [6.07, 6.45) is 0.798. The van der Waals surface area contributed by atoms with Gasteiger partial charge in [-0.15, -0.1) is 11.8 Å². The fraction of sp³-hybridized carbons (Fsp3) is 0.385. The number of rotatable bonds is 5. The molecule has 96 valence electrons. The third kappa shape index (κ3) is 3.34. The third-order valence-electron chi connectivity index (χ3n) is 2.60. The van der Waals surface area contributed by atoms with Crippen molar-refractivity contribution in [2.45, 2.75) is 37.0 Å². The van der Waals surface area contributed by atoms with Gasteiger partial charge in [0.05, 0.1) is 11.8 Å². The van der Waals surface area contributed by atoms with E-state index in [-0.39, 0.29) is 6.04 Å². The van der Waals surface area contributed by atoms with E-state index in [2.05, 4.69) is 35.3 Å². The zero-order valence-corrected chi connectivity index (χ0v) is 11.4. The summed E-state index contributed by atoms with van der Waals surface area (Å²) in [6, 6.07) is 8.19. The summed E-state index contributed by atoms with van der Waals surface area (Å²) >= 11 is 1.69. The third-order valence-corrected chi connectivity index (χ3v) is 3.59. The molecule has 2 rings (SSSR count). The van der Waals surface area contributed by atoms with Crippen LogP contribution < -0.4 is 5.73 Å². The summed E-state index contributed by atoms with van der Waals surface area (Å²) in [5.41, 5.74) is 7.08. The molecule has 0 aliphatic heterocycles. The van der Waals surface area contributed by atoms with Gasteiger partial charge in [-0.3, -0.25) is 0 Å². The Balaban J connectivity index is 1.96. The van der Waals surface area contributed by atoms with Crippen LogP contribution in [0.15, 0.2) is 33.7 Å². The Hall–Kier alpha value is -1.33. The van der Waals surface area contributed by atoms with Gasteiger partial charge in [0.25, 0.3) is 0 Å². The van der Waals surface area contributed by atoms with Crippen LogP contribution in [0.2, 0.25) is 0 Å². The average Bonchev–Trinajstić information content (AvgIpc) is 2.84. The predicted molar refractivity (Wildman–Crippen MR) is 72.3 cm³/mol. The first-order valence-corrected chi connectivity index (χ1v) is 6.95. The van der Waals surface area contributed by atoms with Crippen molar-refractivity contribution in [2.75, 3.05) is 0 Å². The number of aromatic nitrogens is 2. The van der Waals surface area contributed by atoms with Crippen LogP contribution in [0.5, 0.6) is 0 Å². The quantitative estimate of drug-likeness (QED) is 0.840. The van der Waals surface area contributed by atoms with Gasteiger partial charge in [0.15, 0.2) is 5.82 Å². The molecule has 18 heavy (non-hydrogen) atoms. The molecule has 0 aliphatic rings. The minimum atomic E-state index is -0.157. The summed E-state index contributed by atoms with van der Waals surface area (Å²) in [6.45, 7) is 4.08. The molecule has 2 aromatic rings. The van der Waals surface area contributed by atoms with E-state index < -0.39 is 0 Å². The minimum absolute atomic E-state index is 0.157. The van der Waals surface area contributed by atoms with Gasteiger partial charge >= 0.3 is 0 Å². The van der Waals surface area contributed by atoms with Gasteiger partial charge in [0.2, 0.25) is 5.89 Å². The van der Waals surface area contributed by atoms with E-state index in [0.29, 0.717) is 17.5 Å². The molecule has 1 aromatic carbocycles. The second-order valence-corrected chi connectivity index (χ2v) is 5.22. The predicted octanol–water partition coefficient (Wildman–Crippen LogP) is 3.08. The highest BCUT2D eigenvalue weighted by Crippen LogP contribution is 2.23. The van der Waals surface area contributed by atoms with Crippen molar-refractivity contribution in [3.05, 3.63) is 41.5 Å². The minimum Gasteiger partial charge on any atom is -0.338 e. The Bertz CT molecular complexity index is 512. The first-order chi connectivity index (χ1) is 8.69. The zero-order valence-electron chi connectivity index (χ0n) is 10.6. The van der Waals surface area contributed by atoms with Gasteiger partial charge in [0, 0.05) is 4.90 Å². The fourth-order valence-electron chi connectivity index (χ4n) is 1.50. The lowest BCUT2D eigenvalue weighted by Crippen LogP contribution is -2.08. The van der Waals surface area contributed by atoms with Crippen molar-refractivity contribution in [1.82, 2.24) is 10.1 Å². The van der Waals surface area contributed by atoms with Crippen molar-refractivity contribution in [1.29, 1.82) is 0 Å². The van der Waals surface area contributed by atoms with E-state index >= 15 is 0 Å². The van der Waals surface area contributed by atoms with Crippen LogP contribution in [0, 0.1) is 6.92 Å². The molecule has 0 saturated carbocycles. The Morgan fingerprint density at radius 1 is 1.44 bits per heavy atom. The van der Waals surface area contributed by atoms with Crippen LogP contribution in [-0.2, 0) is 5.75 Å². The van der Waals surface area contributed by atoms with E-state index in [1.807, 2.05) is 13.0 Å². The second kappa shape index (κ2) is 6.02. The Morgan fingerprint density at radius 3 is 3.00 bits per heavy atom. The molecule has 4 nitrogen and oxygen atoms in total. The van der Waals surface area contributed by atoms with Crippen molar-refractivity contribution < 1.29 is 4.52 Å². The molecular weight excluding hydrogens is 246 g/mol. The molecule has 0 bridgehead atoms. The zero-order chi connectivity index (χ0) is 13.0. The van der Waals surface area contributed by atoms with E-state index in [4.69, 9.17) is 10.3 Å². The highest BCUT2D eigenvalue weighted by Gasteiger charge is 2.12. The molecule has 0 fully saturated rings. The SMILES string of the molecule is CC[C@@H](N)c1nc(CSc2cccc(C)c2)no1. The van der Waals surface area contributed by atoms with Crippen molar-refractivity contribution in [2.24, 2.45) is 5.73 Å². The first kappa shape index (κ1) is 13.1. The highest BCUT2D eigenvalue weighted by molar-refractivity contribution is 7.98. The van der Waals surface area contributed by atoms with Crippen LogP contribution in [0.3, 0.4) is 0 Å². The lowest BCUT2D eigenvalue weighted by Gasteiger charge is -2.00. The standard InChI is InChI=1S/C13H17N3OS/c1-3-11(14)13-15-12(16-17-13)8-18-10-6-4-5-9(2)7-10/h4-7,11H,3,8,14H2,1-2H3/t11-/m1/s1. The molecule has 5 heteroatoms. The molecule has 1 heterocycles. The monoisotopic (exact) mass is 263 g/mol. The lowest BCUT2D eigenvalue weighted by molar-refractivity contribution is 0.349. The van der Waals surface area contributed by atoms with Gasteiger partial charge in [-0.05, 0) is 25.5 Å². The molecule has 1 atom stereocenters. The number of nitrogens with zero attached hydrogens (tertiary/aromatic N) is 2. The van der Waals surface area contributed by atoms with E-state index in [0.717, 1.165) is 6.42 Å². The maximum absolute atomic E-state index is 5.83. The van der Waals surface area contributed by atoms with Crippen LogP contribution in [0.1, 0.15) is 36.7 Å². The number of hydrogen-bond donors (Lipinski definition) is 1. The summed E-state index contributed by atoms with van der Waals surface area (Å²) in [4.78, 5) is 5.50. The van der Waals surface area contributed by atoms with Gasteiger partial charge in [0.1, 0.15) is 0 Å². The number of aryl methyl sites for hydroxylation is 1. The van der Waals surface area contributed by atoms with Gasteiger partial charge < -0.3 is 10.3 Å². The van der Waals surface area contributed by atoms with Crippen molar-refractivity contribution in [3.63, 3.8) is 0 Å². The number of hydrogen-bond acceptors (Lipinski definition) is 5. The summed E-state index contributed by atoms with van der Waals surface area (Å²) in [5.74, 6) is 1.92. The molecule has 0 amide bonds. The van der Waals surface area contributed by atoms with Gasteiger partial charge in [-0.2, -0.15) is 4.98 Å². The maximum Gasteiger partial charge on any atom is 0.243 e. The Kier molecular flexibility index (Phi) is 4.38. The molecule has 0 unspecified atom stereocenters. The average molecular weight is 263 g/mol. The van der Waals surface area contributed by atoms with Crippen molar-refractivity contribution in [3.8, 4) is 0 Å². The molecular formula is C13H17N3OS. The molecule has 0 aliphatic carbocycles. The molecule has 0 spiro atoms. The smallest absolute Gasteiger partial charge is 0.243 e. The van der Waals surface area contributed by atoms with Crippen LogP contribution in [-0.4, -0.2) is 10.1 Å². The van der Waals surface area contributed by atoms with Crippen molar-refractivity contribution >= 4 is 11.8 Å². The summed E-state index contributed by atoms with van der Waals surface area (Å²) < 4.78 is 5.13. The Labute approximate surface area is 111 Å². The fourth-order valence-corrected chi connectivity index (χ4v) is 2.36. The van der Waals surface area contributed by atoms with Crippen LogP contribution in [0.25, 0.3) is 0 Å². The van der Waals surface area contributed by atoms with Crippen LogP contribution >= 0.6 is 11.8 Å². The number of nitrogens with two attached hydrogens (primary N) is 1. The topological polar surface area (TPSA) is 64.9 Å². The number of benzene rings is 1. The molecule has 0 radical (unpaired) electrons. The number of thioether (sulfide) groups is 1. The second-order valence-electron chi connectivity index (χ2n) is 4.17. The Morgan fingerprint density at radius 2 is 2.28 bits per heavy atom. The van der Waals surface area contributed by atoms with E-state index in [9.17, 15) is 0 Å². The maximum atomic E-state index is 5.83. The summed E-state index contributed by atoms with van der Waals surface area (Å²) in [5, 5.41) is 3.94. The largest absolute Gasteiger partial charge is 0.338 e. The molecule has 0 saturated heterocycles. The highest BCUT2D eigenvalue weighted by atomic mass is 32.2. The van der Waals surface area contributed by atoms with Gasteiger partial charge in [-0.25, -0.2) is 0 Å². The molecule has 2 N–H and O–H groups in total. The summed E-state index contributed by atoms with van der Waals surface area (Å²) in [7, 11) is 0. The van der Waals surface area contributed by atoms with E-state index in [1.165, 1.54) is 10.5 Å². The van der Waals surface area contributed by atoms with E-state index in [1.54, 1.807) is 11.8 Å². The normalized spacial score (nSPS) is 12.6. The lowest BCUT2D eigenvalue weighted by atomic mass is 10.2. The van der Waals surface area contributed by atoms with Gasteiger partial charge in [-0.1, -0.05) is 29.8 Å².